The van der Waals surface area contributed by atoms with E-state index in [2.05, 4.69) is 41.9 Å². The van der Waals surface area contributed by atoms with Crippen molar-refractivity contribution < 1.29 is 9.47 Å². The van der Waals surface area contributed by atoms with Crippen LogP contribution in [-0.4, -0.2) is 44.5 Å². The Bertz CT molecular complexity index is 790. The molecule has 3 rings (SSSR count). The maximum Gasteiger partial charge on any atom is 0.103 e. The highest BCUT2D eigenvalue weighted by molar-refractivity contribution is 5.96. The number of anilines is 1. The summed E-state index contributed by atoms with van der Waals surface area (Å²) in [6.45, 7) is 7.21. The van der Waals surface area contributed by atoms with Crippen molar-refractivity contribution in [2.75, 3.05) is 38.3 Å². The third-order valence-corrected chi connectivity index (χ3v) is 4.80. The number of hydrogen-bond donors (Lipinski definition) is 0. The summed E-state index contributed by atoms with van der Waals surface area (Å²) in [7, 11) is 1.69. The molecule has 0 bridgehead atoms. The summed E-state index contributed by atoms with van der Waals surface area (Å²) in [5.41, 5.74) is 5.00. The van der Waals surface area contributed by atoms with Gasteiger partial charge < -0.3 is 14.4 Å². The Balaban J connectivity index is 1.87. The largest absolute Gasteiger partial charge is 0.382 e. The summed E-state index contributed by atoms with van der Waals surface area (Å²) in [5.74, 6) is 0. The Morgan fingerprint density at radius 3 is 2.68 bits per heavy atom. The lowest BCUT2D eigenvalue weighted by atomic mass is 10.00. The maximum atomic E-state index is 9.59. The van der Waals surface area contributed by atoms with Gasteiger partial charge >= 0.3 is 0 Å². The van der Waals surface area contributed by atoms with Gasteiger partial charge in [-0.2, -0.15) is 5.26 Å². The number of pyridine rings is 1. The first-order valence-electron chi connectivity index (χ1n) is 8.79. The second-order valence-electron chi connectivity index (χ2n) is 6.66. The van der Waals surface area contributed by atoms with Crippen molar-refractivity contribution in [3.63, 3.8) is 0 Å². The Kier molecular flexibility index (Phi) is 5.52. The molecule has 0 atom stereocenters. The van der Waals surface area contributed by atoms with Crippen LogP contribution in [0.2, 0.25) is 0 Å². The lowest BCUT2D eigenvalue weighted by Gasteiger charge is -2.34. The standard InChI is InChI=1S/C20H25N3O2/c1-14-10-15(2)19-18(11-14)20(16(12-21)13-22-19)23-6-4-17(5-7-23)25-9-8-24-3/h10-11,13,17H,4-9H2,1-3H3. The Labute approximate surface area is 149 Å². The van der Waals surface area contributed by atoms with Crippen LogP contribution in [0, 0.1) is 25.2 Å². The van der Waals surface area contributed by atoms with Crippen LogP contribution in [-0.2, 0) is 9.47 Å². The molecular weight excluding hydrogens is 314 g/mol. The zero-order valence-corrected chi connectivity index (χ0v) is 15.2. The molecule has 5 heteroatoms. The molecule has 0 radical (unpaired) electrons. The predicted molar refractivity (Wildman–Crippen MR) is 99.0 cm³/mol. The van der Waals surface area contributed by atoms with E-state index in [1.54, 1.807) is 13.3 Å². The van der Waals surface area contributed by atoms with Gasteiger partial charge in [0.15, 0.2) is 0 Å². The van der Waals surface area contributed by atoms with Crippen molar-refractivity contribution in [2.45, 2.75) is 32.8 Å². The summed E-state index contributed by atoms with van der Waals surface area (Å²) < 4.78 is 10.9. The molecule has 0 saturated carbocycles. The SMILES string of the molecule is COCCOC1CCN(c2c(C#N)cnc3c(C)cc(C)cc23)CC1. The second kappa shape index (κ2) is 7.81. The number of aromatic nitrogens is 1. The van der Waals surface area contributed by atoms with Gasteiger partial charge in [-0.25, -0.2) is 0 Å². The van der Waals surface area contributed by atoms with E-state index in [0.29, 0.717) is 18.8 Å². The fraction of sp³-hybridized carbons (Fsp3) is 0.500. The first-order valence-corrected chi connectivity index (χ1v) is 8.79. The highest BCUT2D eigenvalue weighted by Crippen LogP contribution is 2.33. The topological polar surface area (TPSA) is 58.4 Å². The smallest absolute Gasteiger partial charge is 0.103 e. The number of piperidine rings is 1. The number of benzene rings is 1. The van der Waals surface area contributed by atoms with Gasteiger partial charge in [-0.15, -0.1) is 0 Å². The highest BCUT2D eigenvalue weighted by Gasteiger charge is 2.24. The van der Waals surface area contributed by atoms with Crippen LogP contribution >= 0.6 is 0 Å². The molecule has 25 heavy (non-hydrogen) atoms. The molecule has 0 aliphatic carbocycles. The van der Waals surface area contributed by atoms with Crippen molar-refractivity contribution >= 4 is 16.6 Å². The maximum absolute atomic E-state index is 9.59. The van der Waals surface area contributed by atoms with Gasteiger partial charge in [-0.3, -0.25) is 4.98 Å². The number of fused-ring (bicyclic) bond motifs is 1. The normalized spacial score (nSPS) is 15.5. The molecule has 132 valence electrons. The van der Waals surface area contributed by atoms with E-state index >= 15 is 0 Å². The van der Waals surface area contributed by atoms with Gasteiger partial charge in [0.05, 0.1) is 36.1 Å². The molecule has 1 aliphatic heterocycles. The molecule has 1 fully saturated rings. The molecule has 1 saturated heterocycles. The van der Waals surface area contributed by atoms with E-state index in [1.807, 2.05) is 0 Å². The average molecular weight is 339 g/mol. The van der Waals surface area contributed by atoms with Crippen molar-refractivity contribution in [1.82, 2.24) is 4.98 Å². The van der Waals surface area contributed by atoms with Crippen LogP contribution in [0.25, 0.3) is 10.9 Å². The van der Waals surface area contributed by atoms with Crippen molar-refractivity contribution in [3.05, 3.63) is 35.0 Å². The van der Waals surface area contributed by atoms with Crippen LogP contribution < -0.4 is 4.90 Å². The van der Waals surface area contributed by atoms with E-state index in [4.69, 9.17) is 9.47 Å². The number of nitrogens with zero attached hydrogens (tertiary/aromatic N) is 3. The summed E-state index contributed by atoms with van der Waals surface area (Å²) >= 11 is 0. The minimum atomic E-state index is 0.272. The van der Waals surface area contributed by atoms with Crippen LogP contribution in [0.3, 0.4) is 0 Å². The number of nitriles is 1. The van der Waals surface area contributed by atoms with Crippen molar-refractivity contribution in [3.8, 4) is 6.07 Å². The van der Waals surface area contributed by atoms with Crippen molar-refractivity contribution in [1.29, 1.82) is 5.26 Å². The van der Waals surface area contributed by atoms with Crippen LogP contribution in [0.15, 0.2) is 18.3 Å². The lowest BCUT2D eigenvalue weighted by Crippen LogP contribution is -2.38. The van der Waals surface area contributed by atoms with Gasteiger partial charge in [0.1, 0.15) is 6.07 Å². The summed E-state index contributed by atoms with van der Waals surface area (Å²) in [5, 5.41) is 10.7. The molecule has 0 N–H and O–H groups in total. The number of aryl methyl sites for hydroxylation is 2. The molecule has 2 heterocycles. The van der Waals surface area contributed by atoms with Gasteiger partial charge in [0, 0.05) is 31.8 Å². The summed E-state index contributed by atoms with van der Waals surface area (Å²) in [6.07, 6.45) is 3.90. The molecule has 2 aromatic rings. The molecule has 5 nitrogen and oxygen atoms in total. The van der Waals surface area contributed by atoms with E-state index < -0.39 is 0 Å². The van der Waals surface area contributed by atoms with E-state index in [-0.39, 0.29) is 6.10 Å². The summed E-state index contributed by atoms with van der Waals surface area (Å²) in [4.78, 5) is 6.84. The van der Waals surface area contributed by atoms with Gasteiger partial charge in [-0.05, 0) is 38.3 Å². The van der Waals surface area contributed by atoms with E-state index in [0.717, 1.165) is 48.1 Å². The fourth-order valence-electron chi connectivity index (χ4n) is 3.61. The molecule has 0 spiro atoms. The fourth-order valence-corrected chi connectivity index (χ4v) is 3.61. The molecule has 0 amide bonds. The number of rotatable bonds is 5. The van der Waals surface area contributed by atoms with Crippen LogP contribution in [0.1, 0.15) is 29.5 Å². The minimum absolute atomic E-state index is 0.272. The zero-order valence-electron chi connectivity index (χ0n) is 15.2. The molecular formula is C20H25N3O2. The first-order chi connectivity index (χ1) is 12.1. The Morgan fingerprint density at radius 1 is 1.24 bits per heavy atom. The summed E-state index contributed by atoms with van der Waals surface area (Å²) in [6, 6.07) is 6.61. The molecule has 1 aromatic carbocycles. The number of ether oxygens (including phenoxy) is 2. The van der Waals surface area contributed by atoms with Gasteiger partial charge in [0.25, 0.3) is 0 Å². The lowest BCUT2D eigenvalue weighted by molar-refractivity contribution is 0.00612. The molecule has 0 unspecified atom stereocenters. The molecule has 1 aliphatic rings. The van der Waals surface area contributed by atoms with Crippen LogP contribution in [0.5, 0.6) is 0 Å². The monoisotopic (exact) mass is 339 g/mol. The Hall–Kier alpha value is -2.16. The Morgan fingerprint density at radius 2 is 2.00 bits per heavy atom. The third-order valence-electron chi connectivity index (χ3n) is 4.80. The number of hydrogen-bond acceptors (Lipinski definition) is 5. The third kappa shape index (κ3) is 3.76. The van der Waals surface area contributed by atoms with E-state index in [9.17, 15) is 5.26 Å². The van der Waals surface area contributed by atoms with Gasteiger partial charge in [-0.1, -0.05) is 11.6 Å². The second-order valence-corrected chi connectivity index (χ2v) is 6.66. The van der Waals surface area contributed by atoms with Gasteiger partial charge in [0.2, 0.25) is 0 Å². The predicted octanol–water partition coefficient (Wildman–Crippen LogP) is 3.36. The van der Waals surface area contributed by atoms with E-state index in [1.165, 1.54) is 5.56 Å². The zero-order chi connectivity index (χ0) is 17.8. The first kappa shape index (κ1) is 17.7. The minimum Gasteiger partial charge on any atom is -0.382 e. The quantitative estimate of drug-likeness (QED) is 0.782. The molecule has 1 aromatic heterocycles. The highest BCUT2D eigenvalue weighted by atomic mass is 16.5. The average Bonchev–Trinajstić information content (AvgIpc) is 2.61. The number of methoxy groups -OCH3 is 1. The van der Waals surface area contributed by atoms with Crippen molar-refractivity contribution in [2.24, 2.45) is 0 Å². The van der Waals surface area contributed by atoms with Crippen LogP contribution in [0.4, 0.5) is 5.69 Å².